The average Bonchev–Trinajstić information content (AvgIpc) is 2.94. The lowest BCUT2D eigenvalue weighted by Gasteiger charge is -2.25. The SMILES string of the molecule is CN1C(=O)C(NC(=S)N(C)c2cc(Cl)ccc2[N+](=O)[O-])N=C(c2ccccc2Cl)c2cc(Cl)ccc21. The molecule has 184 valence electrons. The zero-order chi connectivity index (χ0) is 26.1. The normalized spacial score (nSPS) is 15.0. The summed E-state index contributed by atoms with van der Waals surface area (Å²) in [6.45, 7) is 0. The van der Waals surface area contributed by atoms with Gasteiger partial charge in [-0.1, -0.05) is 53.0 Å². The molecule has 0 saturated heterocycles. The Bertz CT molecular complexity index is 1430. The highest BCUT2D eigenvalue weighted by molar-refractivity contribution is 7.80. The molecule has 3 aromatic carbocycles. The van der Waals surface area contributed by atoms with Gasteiger partial charge in [-0.2, -0.15) is 0 Å². The molecule has 0 aliphatic carbocycles. The van der Waals surface area contributed by atoms with Crippen molar-refractivity contribution in [2.24, 2.45) is 4.99 Å². The monoisotopic (exact) mass is 561 g/mol. The van der Waals surface area contributed by atoms with Crippen LogP contribution in [0, 0.1) is 10.1 Å². The van der Waals surface area contributed by atoms with Crippen molar-refractivity contribution in [1.82, 2.24) is 5.32 Å². The van der Waals surface area contributed by atoms with Crippen LogP contribution in [0.5, 0.6) is 0 Å². The standard InChI is InChI=1S/C24H18Cl3N5O3S/c1-30-18-9-7-13(25)11-16(18)21(15-5-3-4-6-17(15)27)28-22(23(30)33)29-24(36)31(2)20-12-14(26)8-10-19(20)32(34)35/h3-12,22H,1-2H3,(H,29,36). The summed E-state index contributed by atoms with van der Waals surface area (Å²) in [6.07, 6.45) is -1.17. The molecule has 1 aliphatic rings. The zero-order valence-corrected chi connectivity index (χ0v) is 22.0. The molecule has 1 atom stereocenters. The number of likely N-dealkylation sites (N-methyl/N-ethyl adjacent to an activating group) is 1. The van der Waals surface area contributed by atoms with Gasteiger partial charge in [0.05, 0.1) is 16.3 Å². The third-order valence-electron chi connectivity index (χ3n) is 5.59. The first kappa shape index (κ1) is 25.8. The fourth-order valence-corrected chi connectivity index (χ4v) is 4.52. The topological polar surface area (TPSA) is 91.1 Å². The Balaban J connectivity index is 1.78. The molecular formula is C24H18Cl3N5O3S. The van der Waals surface area contributed by atoms with Crippen LogP contribution in [0.1, 0.15) is 11.1 Å². The molecule has 0 radical (unpaired) electrons. The number of amides is 1. The quantitative estimate of drug-likeness (QED) is 0.249. The van der Waals surface area contributed by atoms with Crippen molar-refractivity contribution in [3.8, 4) is 0 Å². The van der Waals surface area contributed by atoms with Crippen LogP contribution in [0.25, 0.3) is 0 Å². The number of nitrogens with zero attached hydrogens (tertiary/aromatic N) is 4. The van der Waals surface area contributed by atoms with Gasteiger partial charge in [0.1, 0.15) is 5.69 Å². The number of thiocarbonyl (C=S) groups is 1. The maximum Gasteiger partial charge on any atom is 0.293 e. The van der Waals surface area contributed by atoms with Crippen molar-refractivity contribution in [3.05, 3.63) is 97.0 Å². The highest BCUT2D eigenvalue weighted by Gasteiger charge is 2.32. The van der Waals surface area contributed by atoms with Crippen LogP contribution in [0.3, 0.4) is 0 Å². The van der Waals surface area contributed by atoms with Gasteiger partial charge in [0.25, 0.3) is 11.6 Å². The molecule has 1 heterocycles. The molecule has 1 unspecified atom stereocenters. The number of carbonyl (C=O) groups excluding carboxylic acids is 1. The van der Waals surface area contributed by atoms with Crippen LogP contribution in [0.15, 0.2) is 65.7 Å². The Labute approximate surface area is 227 Å². The molecule has 0 fully saturated rings. The molecule has 8 nitrogen and oxygen atoms in total. The van der Waals surface area contributed by atoms with Crippen LogP contribution in [-0.4, -0.2) is 41.9 Å². The van der Waals surface area contributed by atoms with Crippen LogP contribution in [0.2, 0.25) is 15.1 Å². The third-order valence-corrected chi connectivity index (χ3v) is 6.78. The van der Waals surface area contributed by atoms with E-state index in [2.05, 4.69) is 5.32 Å². The Hall–Kier alpha value is -3.24. The second-order valence-electron chi connectivity index (χ2n) is 7.82. The molecule has 3 aromatic rings. The van der Waals surface area contributed by atoms with Crippen molar-refractivity contribution in [2.75, 3.05) is 23.9 Å². The Morgan fingerprint density at radius 1 is 1.08 bits per heavy atom. The zero-order valence-electron chi connectivity index (χ0n) is 18.9. The number of halogens is 3. The van der Waals surface area contributed by atoms with E-state index in [0.717, 1.165) is 0 Å². The van der Waals surface area contributed by atoms with Gasteiger partial charge in [-0.05, 0) is 48.6 Å². The number of hydrogen-bond donors (Lipinski definition) is 1. The number of fused-ring (bicyclic) bond motifs is 1. The van der Waals surface area contributed by atoms with E-state index in [1.165, 1.54) is 35.0 Å². The fourth-order valence-electron chi connectivity index (χ4n) is 3.75. The highest BCUT2D eigenvalue weighted by atomic mass is 35.5. The first-order valence-electron chi connectivity index (χ1n) is 10.5. The van der Waals surface area contributed by atoms with Crippen molar-refractivity contribution in [2.45, 2.75) is 6.17 Å². The van der Waals surface area contributed by atoms with Crippen LogP contribution in [0.4, 0.5) is 17.1 Å². The molecular weight excluding hydrogens is 545 g/mol. The van der Waals surface area contributed by atoms with Gasteiger partial charge in [0, 0.05) is 46.4 Å². The number of benzodiazepines with no additional fused rings is 1. The summed E-state index contributed by atoms with van der Waals surface area (Å²) < 4.78 is 0. The Kier molecular flexibility index (Phi) is 7.46. The summed E-state index contributed by atoms with van der Waals surface area (Å²) in [5.41, 5.74) is 2.19. The summed E-state index contributed by atoms with van der Waals surface area (Å²) in [7, 11) is 3.15. The number of nitro benzene ring substituents is 1. The maximum atomic E-state index is 13.5. The molecule has 36 heavy (non-hydrogen) atoms. The van der Waals surface area contributed by atoms with Gasteiger partial charge in [-0.25, -0.2) is 4.99 Å². The first-order valence-corrected chi connectivity index (χ1v) is 12.0. The summed E-state index contributed by atoms with van der Waals surface area (Å²) in [5, 5.41) is 15.7. The number of anilines is 2. The minimum Gasteiger partial charge on any atom is -0.333 e. The van der Waals surface area contributed by atoms with E-state index < -0.39 is 17.0 Å². The first-order chi connectivity index (χ1) is 17.1. The molecule has 4 rings (SSSR count). The van der Waals surface area contributed by atoms with Crippen LogP contribution in [-0.2, 0) is 4.79 Å². The number of hydrogen-bond acceptors (Lipinski definition) is 5. The maximum absolute atomic E-state index is 13.5. The fraction of sp³-hybridized carbons (Fsp3) is 0.125. The Morgan fingerprint density at radius 3 is 2.44 bits per heavy atom. The lowest BCUT2D eigenvalue weighted by Crippen LogP contribution is -2.49. The van der Waals surface area contributed by atoms with Crippen LogP contribution >= 0.6 is 47.0 Å². The van der Waals surface area contributed by atoms with Gasteiger partial charge in [0.2, 0.25) is 6.17 Å². The predicted octanol–water partition coefficient (Wildman–Crippen LogP) is 5.71. The van der Waals surface area contributed by atoms with E-state index in [0.29, 0.717) is 37.6 Å². The van der Waals surface area contributed by atoms with E-state index in [9.17, 15) is 14.9 Å². The molecule has 0 bridgehead atoms. The molecule has 12 heteroatoms. The second-order valence-corrected chi connectivity index (χ2v) is 9.48. The third kappa shape index (κ3) is 5.01. The van der Waals surface area contributed by atoms with Crippen molar-refractivity contribution in [3.63, 3.8) is 0 Å². The molecule has 1 N–H and O–H groups in total. The molecule has 0 spiro atoms. The Morgan fingerprint density at radius 2 is 1.75 bits per heavy atom. The van der Waals surface area contributed by atoms with Gasteiger partial charge < -0.3 is 15.1 Å². The van der Waals surface area contributed by atoms with E-state index in [1.54, 1.807) is 43.4 Å². The lowest BCUT2D eigenvalue weighted by molar-refractivity contribution is -0.384. The van der Waals surface area contributed by atoms with E-state index in [-0.39, 0.29) is 16.5 Å². The van der Waals surface area contributed by atoms with Crippen molar-refractivity contribution in [1.29, 1.82) is 0 Å². The number of nitro groups is 1. The number of rotatable bonds is 4. The van der Waals surface area contributed by atoms with E-state index in [4.69, 9.17) is 52.0 Å². The smallest absolute Gasteiger partial charge is 0.293 e. The lowest BCUT2D eigenvalue weighted by atomic mass is 10.00. The largest absolute Gasteiger partial charge is 0.333 e. The number of carbonyl (C=O) groups is 1. The van der Waals surface area contributed by atoms with Gasteiger partial charge in [0.15, 0.2) is 5.11 Å². The molecule has 1 aliphatic heterocycles. The van der Waals surface area contributed by atoms with Gasteiger partial charge in [-0.3, -0.25) is 14.9 Å². The molecule has 0 saturated carbocycles. The van der Waals surface area contributed by atoms with Gasteiger partial charge in [-0.15, -0.1) is 0 Å². The van der Waals surface area contributed by atoms with E-state index >= 15 is 0 Å². The summed E-state index contributed by atoms with van der Waals surface area (Å²) in [6, 6.07) is 16.4. The minimum absolute atomic E-state index is 0.0263. The number of nitrogens with one attached hydrogen (secondary N) is 1. The number of aliphatic imine (C=N–C) groups is 1. The predicted molar refractivity (Wildman–Crippen MR) is 148 cm³/mol. The average molecular weight is 563 g/mol. The van der Waals surface area contributed by atoms with Crippen molar-refractivity contribution < 1.29 is 9.72 Å². The summed E-state index contributed by atoms with van der Waals surface area (Å²) in [4.78, 5) is 32.0. The van der Waals surface area contributed by atoms with Gasteiger partial charge >= 0.3 is 0 Å². The second kappa shape index (κ2) is 10.4. The summed E-state index contributed by atoms with van der Waals surface area (Å²) in [5.74, 6) is -0.406. The van der Waals surface area contributed by atoms with Crippen LogP contribution < -0.4 is 15.1 Å². The molecule has 1 amide bonds. The highest BCUT2D eigenvalue weighted by Crippen LogP contribution is 2.33. The summed E-state index contributed by atoms with van der Waals surface area (Å²) >= 11 is 24.4. The molecule has 0 aromatic heterocycles. The van der Waals surface area contributed by atoms with Crippen molar-refractivity contribution >= 4 is 80.8 Å². The van der Waals surface area contributed by atoms with E-state index in [1.807, 2.05) is 6.07 Å². The number of benzene rings is 3. The minimum atomic E-state index is -1.17.